The van der Waals surface area contributed by atoms with E-state index in [1.165, 1.54) is 0 Å². The maximum atomic E-state index is 11.9. The first-order chi connectivity index (χ1) is 10.2. The Bertz CT molecular complexity index is 438. The molecule has 0 aromatic heterocycles. The van der Waals surface area contributed by atoms with Crippen LogP contribution in [0.4, 0.5) is 5.69 Å². The predicted molar refractivity (Wildman–Crippen MR) is 82.2 cm³/mol. The van der Waals surface area contributed by atoms with Crippen LogP contribution >= 0.6 is 0 Å². The zero-order chi connectivity index (χ0) is 15.5. The lowest BCUT2D eigenvalue weighted by Gasteiger charge is -2.11. The van der Waals surface area contributed by atoms with Gasteiger partial charge in [0, 0.05) is 32.7 Å². The van der Waals surface area contributed by atoms with Crippen molar-refractivity contribution in [3.05, 3.63) is 18.2 Å². The molecule has 0 aliphatic heterocycles. The molecule has 0 saturated heterocycles. The molecule has 0 atom stereocenters. The summed E-state index contributed by atoms with van der Waals surface area (Å²) in [7, 11) is 4.82. The first kappa shape index (κ1) is 17.3. The van der Waals surface area contributed by atoms with Crippen molar-refractivity contribution < 1.29 is 19.0 Å². The highest BCUT2D eigenvalue weighted by Crippen LogP contribution is 2.28. The van der Waals surface area contributed by atoms with Gasteiger partial charge in [-0.3, -0.25) is 4.79 Å². The Kier molecular flexibility index (Phi) is 8.23. The number of amides is 1. The molecular weight excluding hydrogens is 272 g/mol. The number of carbonyl (C=O) groups excluding carboxylic acids is 1. The Hall–Kier alpha value is -1.79. The molecule has 21 heavy (non-hydrogen) atoms. The normalized spacial score (nSPS) is 10.2. The summed E-state index contributed by atoms with van der Waals surface area (Å²) in [4.78, 5) is 11.9. The molecule has 0 fully saturated rings. The molecular formula is C15H24N2O4. The fraction of sp³-hybridized carbons (Fsp3) is 0.533. The Morgan fingerprint density at radius 3 is 2.62 bits per heavy atom. The Labute approximate surface area is 125 Å². The van der Waals surface area contributed by atoms with Crippen LogP contribution in [-0.4, -0.2) is 46.9 Å². The van der Waals surface area contributed by atoms with Crippen molar-refractivity contribution in [1.82, 2.24) is 5.32 Å². The number of nitrogens with one attached hydrogen (secondary N) is 2. The quantitative estimate of drug-likeness (QED) is 0.643. The number of anilines is 1. The van der Waals surface area contributed by atoms with E-state index in [0.29, 0.717) is 30.2 Å². The summed E-state index contributed by atoms with van der Waals surface area (Å²) < 4.78 is 15.3. The van der Waals surface area contributed by atoms with Gasteiger partial charge in [-0.25, -0.2) is 0 Å². The van der Waals surface area contributed by atoms with E-state index in [0.717, 1.165) is 19.6 Å². The molecule has 1 aromatic rings. The molecule has 6 heteroatoms. The second-order valence-electron chi connectivity index (χ2n) is 4.46. The van der Waals surface area contributed by atoms with Gasteiger partial charge in [0.25, 0.3) is 0 Å². The second kappa shape index (κ2) is 10.0. The minimum Gasteiger partial charge on any atom is -0.497 e. The van der Waals surface area contributed by atoms with E-state index in [2.05, 4.69) is 10.6 Å². The molecule has 1 aromatic carbocycles. The van der Waals surface area contributed by atoms with Crippen molar-refractivity contribution in [2.45, 2.75) is 12.8 Å². The topological polar surface area (TPSA) is 68.8 Å². The minimum absolute atomic E-state index is 0.0577. The average molecular weight is 296 g/mol. The van der Waals surface area contributed by atoms with Crippen LogP contribution in [0.5, 0.6) is 11.5 Å². The molecule has 1 amide bonds. The predicted octanol–water partition coefficient (Wildman–Crippen LogP) is 1.66. The third-order valence-corrected chi connectivity index (χ3v) is 2.91. The van der Waals surface area contributed by atoms with E-state index in [4.69, 9.17) is 14.2 Å². The SMILES string of the molecule is COCCCNCCC(=O)Nc1ccc(OC)cc1OC. The van der Waals surface area contributed by atoms with Crippen molar-refractivity contribution in [2.75, 3.05) is 46.3 Å². The van der Waals surface area contributed by atoms with Crippen molar-refractivity contribution >= 4 is 11.6 Å². The molecule has 0 bridgehead atoms. The summed E-state index contributed by atoms with van der Waals surface area (Å²) in [6, 6.07) is 5.28. The zero-order valence-electron chi connectivity index (χ0n) is 12.9. The van der Waals surface area contributed by atoms with Gasteiger partial charge in [0.15, 0.2) is 0 Å². The van der Waals surface area contributed by atoms with E-state index in [-0.39, 0.29) is 5.91 Å². The largest absolute Gasteiger partial charge is 0.497 e. The molecule has 2 N–H and O–H groups in total. The van der Waals surface area contributed by atoms with E-state index >= 15 is 0 Å². The van der Waals surface area contributed by atoms with Crippen LogP contribution in [0.3, 0.4) is 0 Å². The minimum atomic E-state index is -0.0577. The Morgan fingerprint density at radius 1 is 1.14 bits per heavy atom. The average Bonchev–Trinajstić information content (AvgIpc) is 2.51. The smallest absolute Gasteiger partial charge is 0.225 e. The zero-order valence-corrected chi connectivity index (χ0v) is 12.9. The lowest BCUT2D eigenvalue weighted by molar-refractivity contribution is -0.116. The molecule has 0 radical (unpaired) electrons. The van der Waals surface area contributed by atoms with E-state index < -0.39 is 0 Å². The molecule has 0 aliphatic carbocycles. The first-order valence-corrected chi connectivity index (χ1v) is 6.92. The van der Waals surface area contributed by atoms with Crippen LogP contribution in [0.2, 0.25) is 0 Å². The van der Waals surface area contributed by atoms with Crippen molar-refractivity contribution in [3.63, 3.8) is 0 Å². The van der Waals surface area contributed by atoms with Gasteiger partial charge in [-0.1, -0.05) is 0 Å². The molecule has 6 nitrogen and oxygen atoms in total. The molecule has 0 unspecified atom stereocenters. The molecule has 118 valence electrons. The van der Waals surface area contributed by atoms with Gasteiger partial charge in [0.05, 0.1) is 19.9 Å². The summed E-state index contributed by atoms with van der Waals surface area (Å²) in [6.45, 7) is 2.20. The van der Waals surface area contributed by atoms with Gasteiger partial charge < -0.3 is 24.8 Å². The maximum absolute atomic E-state index is 11.9. The number of hydrogen-bond donors (Lipinski definition) is 2. The van der Waals surface area contributed by atoms with Gasteiger partial charge in [0.1, 0.15) is 11.5 Å². The molecule has 1 rings (SSSR count). The third-order valence-electron chi connectivity index (χ3n) is 2.91. The van der Waals surface area contributed by atoms with Gasteiger partial charge in [0.2, 0.25) is 5.91 Å². The van der Waals surface area contributed by atoms with E-state index in [9.17, 15) is 4.79 Å². The summed E-state index contributed by atoms with van der Waals surface area (Å²) in [6.07, 6.45) is 1.34. The molecule has 0 saturated carbocycles. The van der Waals surface area contributed by atoms with Crippen LogP contribution in [0.15, 0.2) is 18.2 Å². The van der Waals surface area contributed by atoms with Gasteiger partial charge in [-0.2, -0.15) is 0 Å². The second-order valence-corrected chi connectivity index (χ2v) is 4.46. The van der Waals surface area contributed by atoms with Crippen LogP contribution < -0.4 is 20.1 Å². The van der Waals surface area contributed by atoms with Gasteiger partial charge in [-0.05, 0) is 25.1 Å². The van der Waals surface area contributed by atoms with Crippen LogP contribution in [0.1, 0.15) is 12.8 Å². The fourth-order valence-corrected chi connectivity index (χ4v) is 1.78. The Balaban J connectivity index is 2.37. The summed E-state index contributed by atoms with van der Waals surface area (Å²) in [5, 5.41) is 6.02. The summed E-state index contributed by atoms with van der Waals surface area (Å²) in [5.74, 6) is 1.21. The van der Waals surface area contributed by atoms with Crippen LogP contribution in [-0.2, 0) is 9.53 Å². The van der Waals surface area contributed by atoms with Crippen molar-refractivity contribution in [2.24, 2.45) is 0 Å². The van der Waals surface area contributed by atoms with E-state index in [1.54, 1.807) is 39.5 Å². The highest BCUT2D eigenvalue weighted by molar-refractivity contribution is 5.92. The number of rotatable bonds is 10. The highest BCUT2D eigenvalue weighted by atomic mass is 16.5. The van der Waals surface area contributed by atoms with Crippen LogP contribution in [0.25, 0.3) is 0 Å². The van der Waals surface area contributed by atoms with Crippen molar-refractivity contribution in [3.8, 4) is 11.5 Å². The number of carbonyl (C=O) groups is 1. The monoisotopic (exact) mass is 296 g/mol. The number of ether oxygens (including phenoxy) is 3. The first-order valence-electron chi connectivity index (χ1n) is 6.92. The molecule has 0 spiro atoms. The number of methoxy groups -OCH3 is 3. The van der Waals surface area contributed by atoms with Crippen molar-refractivity contribution in [1.29, 1.82) is 0 Å². The summed E-state index contributed by atoms with van der Waals surface area (Å²) >= 11 is 0. The molecule has 0 heterocycles. The molecule has 0 aliphatic rings. The maximum Gasteiger partial charge on any atom is 0.225 e. The Morgan fingerprint density at radius 2 is 1.95 bits per heavy atom. The van der Waals surface area contributed by atoms with Crippen LogP contribution in [0, 0.1) is 0 Å². The lowest BCUT2D eigenvalue weighted by Crippen LogP contribution is -2.23. The number of hydrogen-bond acceptors (Lipinski definition) is 5. The highest BCUT2D eigenvalue weighted by Gasteiger charge is 2.08. The lowest BCUT2D eigenvalue weighted by atomic mass is 10.2. The summed E-state index contributed by atoms with van der Waals surface area (Å²) in [5.41, 5.74) is 0.641. The van der Waals surface area contributed by atoms with Gasteiger partial charge >= 0.3 is 0 Å². The fourth-order valence-electron chi connectivity index (χ4n) is 1.78. The third kappa shape index (κ3) is 6.46. The van der Waals surface area contributed by atoms with Gasteiger partial charge in [-0.15, -0.1) is 0 Å². The standard InChI is InChI=1S/C15H24N2O4/c1-19-10-4-8-16-9-7-15(18)17-13-6-5-12(20-2)11-14(13)21-3/h5-6,11,16H,4,7-10H2,1-3H3,(H,17,18). The number of benzene rings is 1. The van der Waals surface area contributed by atoms with E-state index in [1.807, 2.05) is 0 Å².